The van der Waals surface area contributed by atoms with Crippen molar-refractivity contribution < 1.29 is 14.6 Å². The minimum absolute atomic E-state index is 0.0194. The van der Waals surface area contributed by atoms with E-state index in [0.29, 0.717) is 19.0 Å². The Balaban J connectivity index is 2.46. The maximum absolute atomic E-state index is 8.81. The highest BCUT2D eigenvalue weighted by Gasteiger charge is 1.95. The second-order valence-corrected chi connectivity index (χ2v) is 2.53. The van der Waals surface area contributed by atoms with Gasteiger partial charge in [0.1, 0.15) is 12.4 Å². The lowest BCUT2D eigenvalue weighted by Crippen LogP contribution is -2.04. The molecule has 13 heavy (non-hydrogen) atoms. The van der Waals surface area contributed by atoms with Crippen molar-refractivity contribution in [2.24, 2.45) is 0 Å². The summed E-state index contributed by atoms with van der Waals surface area (Å²) in [5, 5.41) is 8.81. The summed E-state index contributed by atoms with van der Waals surface area (Å²) in [6, 6.07) is 1.75. The minimum Gasteiger partial charge on any atom is -0.490 e. The summed E-state index contributed by atoms with van der Waals surface area (Å²) in [4.78, 5) is 3.91. The summed E-state index contributed by atoms with van der Waals surface area (Å²) in [7, 11) is 1.62. The maximum Gasteiger partial charge on any atom is 0.138 e. The molecule has 0 fully saturated rings. The van der Waals surface area contributed by atoms with Gasteiger partial charge in [0.05, 0.1) is 19.4 Å². The van der Waals surface area contributed by atoms with Crippen molar-refractivity contribution in [2.75, 3.05) is 20.3 Å². The van der Waals surface area contributed by atoms with Crippen LogP contribution in [0.5, 0.6) is 5.75 Å². The van der Waals surface area contributed by atoms with Crippen molar-refractivity contribution >= 4 is 0 Å². The van der Waals surface area contributed by atoms with Crippen LogP contribution in [0.15, 0.2) is 18.5 Å². The second kappa shape index (κ2) is 5.50. The fourth-order valence-corrected chi connectivity index (χ4v) is 0.872. The fraction of sp³-hybridized carbons (Fsp3) is 0.444. The molecule has 0 spiro atoms. The second-order valence-electron chi connectivity index (χ2n) is 2.53. The van der Waals surface area contributed by atoms with Crippen LogP contribution in [0.4, 0.5) is 0 Å². The first kappa shape index (κ1) is 9.95. The third kappa shape index (κ3) is 3.40. The van der Waals surface area contributed by atoms with Gasteiger partial charge < -0.3 is 14.6 Å². The molecule has 0 aliphatic heterocycles. The number of nitrogens with zero attached hydrogens (tertiary/aromatic N) is 1. The highest BCUT2D eigenvalue weighted by atomic mass is 16.5. The number of aliphatic hydroxyl groups excluding tert-OH is 1. The molecule has 1 aromatic heterocycles. The molecular weight excluding hydrogens is 170 g/mol. The number of aromatic nitrogens is 1. The molecule has 0 atom stereocenters. The van der Waals surface area contributed by atoms with E-state index in [4.69, 9.17) is 14.6 Å². The third-order valence-corrected chi connectivity index (χ3v) is 1.51. The Morgan fingerprint density at radius 3 is 2.92 bits per heavy atom. The number of rotatable bonds is 5. The smallest absolute Gasteiger partial charge is 0.138 e. The molecule has 0 saturated heterocycles. The molecular formula is C9H13NO3. The van der Waals surface area contributed by atoms with Crippen LogP contribution in [-0.2, 0) is 11.3 Å². The van der Waals surface area contributed by atoms with Crippen LogP contribution >= 0.6 is 0 Å². The summed E-state index contributed by atoms with van der Waals surface area (Å²) >= 11 is 0. The molecule has 0 bridgehead atoms. The largest absolute Gasteiger partial charge is 0.490 e. The summed E-state index contributed by atoms with van der Waals surface area (Å²) in [5.74, 6) is 0.656. The lowest BCUT2D eigenvalue weighted by molar-refractivity contribution is 0.146. The van der Waals surface area contributed by atoms with Crippen LogP contribution in [0.2, 0.25) is 0 Å². The molecule has 1 N–H and O–H groups in total. The van der Waals surface area contributed by atoms with Crippen molar-refractivity contribution in [2.45, 2.75) is 6.61 Å². The Morgan fingerprint density at radius 2 is 2.23 bits per heavy atom. The predicted octanol–water partition coefficient (Wildman–Crippen LogP) is 0.599. The predicted molar refractivity (Wildman–Crippen MR) is 47.5 cm³/mol. The normalized spacial score (nSPS) is 10.0. The monoisotopic (exact) mass is 183 g/mol. The van der Waals surface area contributed by atoms with Crippen molar-refractivity contribution in [3.05, 3.63) is 24.0 Å². The van der Waals surface area contributed by atoms with E-state index >= 15 is 0 Å². The Labute approximate surface area is 77.1 Å². The molecule has 0 aliphatic rings. The molecule has 0 aromatic carbocycles. The highest BCUT2D eigenvalue weighted by molar-refractivity contribution is 5.22. The zero-order chi connectivity index (χ0) is 9.52. The van der Waals surface area contributed by atoms with Crippen molar-refractivity contribution in [1.29, 1.82) is 0 Å². The Hall–Kier alpha value is -1.13. The van der Waals surface area contributed by atoms with Crippen molar-refractivity contribution in [1.82, 2.24) is 4.98 Å². The Bertz CT molecular complexity index is 252. The van der Waals surface area contributed by atoms with Crippen LogP contribution < -0.4 is 4.74 Å². The van der Waals surface area contributed by atoms with Crippen molar-refractivity contribution in [3.63, 3.8) is 0 Å². The number of pyridine rings is 1. The van der Waals surface area contributed by atoms with E-state index in [2.05, 4.69) is 4.98 Å². The molecule has 1 aromatic rings. The van der Waals surface area contributed by atoms with Gasteiger partial charge in [0.2, 0.25) is 0 Å². The zero-order valence-corrected chi connectivity index (χ0v) is 7.56. The van der Waals surface area contributed by atoms with Crippen molar-refractivity contribution in [3.8, 4) is 5.75 Å². The lowest BCUT2D eigenvalue weighted by atomic mass is 10.3. The fourth-order valence-electron chi connectivity index (χ4n) is 0.872. The molecule has 1 heterocycles. The third-order valence-electron chi connectivity index (χ3n) is 1.51. The summed E-state index contributed by atoms with van der Waals surface area (Å²) in [6.07, 6.45) is 3.21. The number of aliphatic hydroxyl groups is 1. The molecule has 1 rings (SSSR count). The van der Waals surface area contributed by atoms with E-state index in [9.17, 15) is 0 Å². The molecule has 4 nitrogen and oxygen atoms in total. The molecule has 0 radical (unpaired) electrons. The van der Waals surface area contributed by atoms with Gasteiger partial charge in [-0.3, -0.25) is 4.98 Å². The van der Waals surface area contributed by atoms with Gasteiger partial charge >= 0.3 is 0 Å². The van der Waals surface area contributed by atoms with Crippen LogP contribution in [-0.4, -0.2) is 30.4 Å². The number of ether oxygens (including phenoxy) is 2. The van der Waals surface area contributed by atoms with Gasteiger partial charge in [-0.15, -0.1) is 0 Å². The van der Waals surface area contributed by atoms with E-state index in [1.165, 1.54) is 0 Å². The van der Waals surface area contributed by atoms with E-state index in [-0.39, 0.29) is 6.61 Å². The topological polar surface area (TPSA) is 51.6 Å². The number of hydrogen-bond donors (Lipinski definition) is 1. The first-order valence-corrected chi connectivity index (χ1v) is 4.03. The van der Waals surface area contributed by atoms with Crippen LogP contribution in [0, 0.1) is 0 Å². The first-order chi connectivity index (χ1) is 6.36. The van der Waals surface area contributed by atoms with Gasteiger partial charge in [0.15, 0.2) is 0 Å². The molecule has 0 aliphatic carbocycles. The Morgan fingerprint density at radius 1 is 1.38 bits per heavy atom. The van der Waals surface area contributed by atoms with Crippen LogP contribution in [0.1, 0.15) is 5.56 Å². The van der Waals surface area contributed by atoms with E-state index in [1.54, 1.807) is 25.6 Å². The number of methoxy groups -OCH3 is 1. The average Bonchev–Trinajstić information content (AvgIpc) is 2.19. The van der Waals surface area contributed by atoms with E-state index in [1.807, 2.05) is 0 Å². The SMILES string of the molecule is COCCOc1cncc(CO)c1. The van der Waals surface area contributed by atoms with Gasteiger partial charge in [-0.2, -0.15) is 0 Å². The quantitative estimate of drug-likeness (QED) is 0.679. The molecule has 0 amide bonds. The standard InChI is InChI=1S/C9H13NO3/c1-12-2-3-13-9-4-8(7-11)5-10-6-9/h4-6,11H,2-3,7H2,1H3. The van der Waals surface area contributed by atoms with Crippen LogP contribution in [0.3, 0.4) is 0 Å². The highest BCUT2D eigenvalue weighted by Crippen LogP contribution is 2.10. The lowest BCUT2D eigenvalue weighted by Gasteiger charge is -2.05. The van der Waals surface area contributed by atoms with E-state index in [0.717, 1.165) is 5.56 Å². The minimum atomic E-state index is -0.0194. The molecule has 0 saturated carbocycles. The first-order valence-electron chi connectivity index (χ1n) is 4.03. The number of hydrogen-bond acceptors (Lipinski definition) is 4. The summed E-state index contributed by atoms with van der Waals surface area (Å²) in [5.41, 5.74) is 0.745. The zero-order valence-electron chi connectivity index (χ0n) is 7.56. The molecule has 4 heteroatoms. The van der Waals surface area contributed by atoms with Gasteiger partial charge in [0, 0.05) is 13.3 Å². The van der Waals surface area contributed by atoms with E-state index < -0.39 is 0 Å². The summed E-state index contributed by atoms with van der Waals surface area (Å²) < 4.78 is 10.1. The molecule has 0 unspecified atom stereocenters. The van der Waals surface area contributed by atoms with Gasteiger partial charge in [-0.25, -0.2) is 0 Å². The maximum atomic E-state index is 8.81. The van der Waals surface area contributed by atoms with Crippen LogP contribution in [0.25, 0.3) is 0 Å². The van der Waals surface area contributed by atoms with Gasteiger partial charge in [-0.1, -0.05) is 0 Å². The Kier molecular flexibility index (Phi) is 4.21. The van der Waals surface area contributed by atoms with Gasteiger partial charge in [-0.05, 0) is 11.6 Å². The average molecular weight is 183 g/mol. The summed E-state index contributed by atoms with van der Waals surface area (Å²) in [6.45, 7) is 1.02. The molecule has 72 valence electrons. The van der Waals surface area contributed by atoms with Gasteiger partial charge in [0.25, 0.3) is 0 Å².